The third-order valence-electron chi connectivity index (χ3n) is 5.55. The second-order valence-corrected chi connectivity index (χ2v) is 8.05. The highest BCUT2D eigenvalue weighted by molar-refractivity contribution is 6.03. The number of benzene rings is 1. The lowest BCUT2D eigenvalue weighted by Crippen LogP contribution is -2.31. The molecule has 0 N–H and O–H groups in total. The average Bonchev–Trinajstić information content (AvgIpc) is 2.98. The maximum Gasteiger partial charge on any atom is 0.339 e. The Kier molecular flexibility index (Phi) is 6.79. The molecule has 1 aromatic carbocycles. The predicted octanol–water partition coefficient (Wildman–Crippen LogP) is 4.40. The van der Waals surface area contributed by atoms with Gasteiger partial charge in [-0.25, -0.2) is 9.59 Å². The Morgan fingerprint density at radius 3 is 2.00 bits per heavy atom. The standard InChI is InChI=1S/C27H30O4/c1-7-30-26(28)23-14-20-12-9-17(5)21-13-19(16(3)4)11-10-18(6)25(21)22(20)15-24(23)27(29)31-8-2/h9-16H,7-8H2,1-6H3. The number of fused-ring (bicyclic) bond motifs is 2. The Morgan fingerprint density at radius 2 is 1.42 bits per heavy atom. The summed E-state index contributed by atoms with van der Waals surface area (Å²) in [6.07, 6.45) is 10.6. The maximum absolute atomic E-state index is 12.8. The lowest BCUT2D eigenvalue weighted by Gasteiger charge is -2.15. The van der Waals surface area contributed by atoms with Crippen molar-refractivity contribution in [1.29, 1.82) is 0 Å². The minimum atomic E-state index is -0.524. The Labute approximate surface area is 183 Å². The second kappa shape index (κ2) is 9.34. The summed E-state index contributed by atoms with van der Waals surface area (Å²) in [6.45, 7) is 12.5. The molecule has 0 unspecified atom stereocenters. The molecule has 0 heterocycles. The molecule has 4 heteroatoms. The number of hydrogen-bond acceptors (Lipinski definition) is 4. The highest BCUT2D eigenvalue weighted by atomic mass is 16.5. The smallest absolute Gasteiger partial charge is 0.339 e. The van der Waals surface area contributed by atoms with Gasteiger partial charge < -0.3 is 9.47 Å². The van der Waals surface area contributed by atoms with Crippen LogP contribution >= 0.6 is 0 Å². The zero-order chi connectivity index (χ0) is 22.7. The summed E-state index contributed by atoms with van der Waals surface area (Å²) >= 11 is 0. The normalized spacial score (nSPS) is 15.3. The fraction of sp³-hybridized carbons (Fsp3) is 0.333. The first-order chi connectivity index (χ1) is 14.8. The lowest BCUT2D eigenvalue weighted by molar-refractivity contribution is 0.0478. The Bertz CT molecular complexity index is 1170. The van der Waals surface area contributed by atoms with Crippen LogP contribution in [0.2, 0.25) is 0 Å². The van der Waals surface area contributed by atoms with Crippen LogP contribution in [0.1, 0.15) is 62.3 Å². The van der Waals surface area contributed by atoms with Crippen LogP contribution in [-0.2, 0) is 9.47 Å². The molecule has 2 aliphatic carbocycles. The molecular formula is C27H30O4. The molecular weight excluding hydrogens is 388 g/mol. The number of hydrogen-bond donors (Lipinski definition) is 0. The molecule has 0 radical (unpaired) electrons. The van der Waals surface area contributed by atoms with Crippen LogP contribution < -0.4 is 10.4 Å². The van der Waals surface area contributed by atoms with Gasteiger partial charge in [0.05, 0.1) is 24.3 Å². The van der Waals surface area contributed by atoms with Gasteiger partial charge in [0.15, 0.2) is 0 Å². The number of carbonyl (C=O) groups excluding carboxylic acids is 2. The first kappa shape index (κ1) is 22.5. The number of ether oxygens (including phenoxy) is 2. The molecule has 31 heavy (non-hydrogen) atoms. The molecule has 0 aliphatic heterocycles. The van der Waals surface area contributed by atoms with Gasteiger partial charge in [-0.1, -0.05) is 44.2 Å². The summed E-state index contributed by atoms with van der Waals surface area (Å²) in [5, 5.41) is 1.78. The molecule has 3 rings (SSSR count). The summed E-state index contributed by atoms with van der Waals surface area (Å²) in [5.41, 5.74) is 6.12. The zero-order valence-corrected chi connectivity index (χ0v) is 19.2. The molecule has 1 aromatic rings. The van der Waals surface area contributed by atoms with Gasteiger partial charge >= 0.3 is 11.9 Å². The number of allylic oxidation sites excluding steroid dienone is 8. The molecule has 2 aliphatic rings. The topological polar surface area (TPSA) is 52.6 Å². The van der Waals surface area contributed by atoms with Gasteiger partial charge in [-0.2, -0.15) is 0 Å². The third-order valence-corrected chi connectivity index (χ3v) is 5.55. The minimum absolute atomic E-state index is 0.227. The Balaban J connectivity index is 2.42. The first-order valence-electron chi connectivity index (χ1n) is 10.8. The lowest BCUT2D eigenvalue weighted by atomic mass is 9.90. The van der Waals surface area contributed by atoms with Crippen molar-refractivity contribution in [2.24, 2.45) is 5.92 Å². The van der Waals surface area contributed by atoms with Crippen molar-refractivity contribution in [2.45, 2.75) is 41.5 Å². The first-order valence-corrected chi connectivity index (χ1v) is 10.8. The predicted molar refractivity (Wildman–Crippen MR) is 124 cm³/mol. The molecule has 0 bridgehead atoms. The van der Waals surface area contributed by atoms with E-state index in [9.17, 15) is 9.59 Å². The van der Waals surface area contributed by atoms with Gasteiger partial charge in [-0.3, -0.25) is 0 Å². The number of carbonyl (C=O) groups is 2. The fourth-order valence-electron chi connectivity index (χ4n) is 3.86. The van der Waals surface area contributed by atoms with E-state index in [0.717, 1.165) is 32.7 Å². The molecule has 0 saturated heterocycles. The van der Waals surface area contributed by atoms with Crippen molar-refractivity contribution in [3.8, 4) is 0 Å². The van der Waals surface area contributed by atoms with Crippen molar-refractivity contribution in [3.05, 3.63) is 80.3 Å². The highest BCUT2D eigenvalue weighted by Gasteiger charge is 2.23. The van der Waals surface area contributed by atoms with Crippen LogP contribution in [0.4, 0.5) is 0 Å². The van der Waals surface area contributed by atoms with Crippen molar-refractivity contribution in [3.63, 3.8) is 0 Å². The molecule has 0 fully saturated rings. The SMILES string of the molecule is CCOC(=O)c1cc2c(cc1C(=O)OCC)=C1C(C)=CC=C(C(C)C)C=C1C(C)=CC=2. The van der Waals surface area contributed by atoms with Crippen LogP contribution in [0.5, 0.6) is 0 Å². The molecule has 4 nitrogen and oxygen atoms in total. The van der Waals surface area contributed by atoms with Crippen molar-refractivity contribution in [2.75, 3.05) is 13.2 Å². The largest absolute Gasteiger partial charge is 0.462 e. The third kappa shape index (κ3) is 4.48. The highest BCUT2D eigenvalue weighted by Crippen LogP contribution is 2.32. The second-order valence-electron chi connectivity index (χ2n) is 8.05. The Morgan fingerprint density at radius 1 is 0.839 bits per heavy atom. The number of rotatable bonds is 5. The minimum Gasteiger partial charge on any atom is -0.462 e. The van der Waals surface area contributed by atoms with Crippen LogP contribution in [0.15, 0.2) is 58.7 Å². The molecule has 0 saturated carbocycles. The van der Waals surface area contributed by atoms with E-state index in [4.69, 9.17) is 9.47 Å². The summed E-state index contributed by atoms with van der Waals surface area (Å²) < 4.78 is 10.5. The van der Waals surface area contributed by atoms with Crippen LogP contribution in [0.3, 0.4) is 0 Å². The van der Waals surface area contributed by atoms with Crippen LogP contribution in [-0.4, -0.2) is 25.2 Å². The van der Waals surface area contributed by atoms with E-state index in [1.54, 1.807) is 26.0 Å². The van der Waals surface area contributed by atoms with E-state index in [1.807, 2.05) is 6.08 Å². The maximum atomic E-state index is 12.8. The van der Waals surface area contributed by atoms with Gasteiger partial charge in [0, 0.05) is 0 Å². The fourth-order valence-corrected chi connectivity index (χ4v) is 3.86. The van der Waals surface area contributed by atoms with E-state index in [0.29, 0.717) is 5.92 Å². The summed E-state index contributed by atoms with van der Waals surface area (Å²) in [7, 11) is 0. The van der Waals surface area contributed by atoms with Crippen molar-refractivity contribution < 1.29 is 19.1 Å². The zero-order valence-electron chi connectivity index (χ0n) is 19.2. The van der Waals surface area contributed by atoms with Gasteiger partial charge in [0.1, 0.15) is 0 Å². The Hall–Kier alpha value is -3.14. The molecule has 0 atom stereocenters. The van der Waals surface area contributed by atoms with Crippen LogP contribution in [0, 0.1) is 5.92 Å². The van der Waals surface area contributed by atoms with E-state index in [-0.39, 0.29) is 24.3 Å². The van der Waals surface area contributed by atoms with E-state index in [2.05, 4.69) is 52.0 Å². The molecule has 0 spiro atoms. The van der Waals surface area contributed by atoms with E-state index >= 15 is 0 Å². The molecule has 162 valence electrons. The molecule has 0 amide bonds. The van der Waals surface area contributed by atoms with Crippen molar-refractivity contribution >= 4 is 23.6 Å². The summed E-state index contributed by atoms with van der Waals surface area (Å²) in [4.78, 5) is 25.4. The quantitative estimate of drug-likeness (QED) is 0.665. The molecule has 0 aromatic heterocycles. The van der Waals surface area contributed by atoms with E-state index < -0.39 is 11.9 Å². The number of esters is 2. The van der Waals surface area contributed by atoms with Gasteiger partial charge in [-0.15, -0.1) is 0 Å². The summed E-state index contributed by atoms with van der Waals surface area (Å²) in [5.74, 6) is -0.661. The van der Waals surface area contributed by atoms with Gasteiger partial charge in [-0.05, 0) is 84.0 Å². The monoisotopic (exact) mass is 418 g/mol. The average molecular weight is 419 g/mol. The van der Waals surface area contributed by atoms with Crippen LogP contribution in [0.25, 0.3) is 11.6 Å². The summed E-state index contributed by atoms with van der Waals surface area (Å²) in [6, 6.07) is 3.53. The van der Waals surface area contributed by atoms with E-state index in [1.165, 1.54) is 5.57 Å². The van der Waals surface area contributed by atoms with Gasteiger partial charge in [0.25, 0.3) is 0 Å². The van der Waals surface area contributed by atoms with Gasteiger partial charge in [0.2, 0.25) is 0 Å². The van der Waals surface area contributed by atoms with Crippen molar-refractivity contribution in [1.82, 2.24) is 0 Å².